The minimum absolute atomic E-state index is 0.113. The molecule has 3 aliphatic rings. The number of primary amides is 1. The Morgan fingerprint density at radius 3 is 1.87 bits per heavy atom. The molecule has 0 aromatic heterocycles. The van der Waals surface area contributed by atoms with Crippen LogP contribution in [0.15, 0.2) is 24.3 Å². The minimum atomic E-state index is -5.08. The van der Waals surface area contributed by atoms with E-state index >= 15 is 0 Å². The van der Waals surface area contributed by atoms with Gasteiger partial charge >= 0.3 is 18.3 Å². The van der Waals surface area contributed by atoms with Crippen LogP contribution in [0.5, 0.6) is 0 Å². The number of rotatable bonds is 4. The average molecular weight is 566 g/mol. The zero-order valence-electron chi connectivity index (χ0n) is 20.5. The van der Waals surface area contributed by atoms with Crippen molar-refractivity contribution in [3.8, 4) is 0 Å². The highest BCUT2D eigenvalue weighted by molar-refractivity contribution is 5.95. The van der Waals surface area contributed by atoms with E-state index in [4.69, 9.17) is 21.4 Å². The van der Waals surface area contributed by atoms with Crippen molar-refractivity contribution >= 4 is 23.7 Å². The Morgan fingerprint density at radius 1 is 0.923 bits per heavy atom. The number of nitrogens with two attached hydrogens (primary N) is 2. The van der Waals surface area contributed by atoms with E-state index in [9.17, 15) is 40.7 Å². The fraction of sp³-hybridized carbons (Fsp3) is 0.583. The largest absolute Gasteiger partial charge is 0.490 e. The zero-order chi connectivity index (χ0) is 29.3. The molecule has 3 heterocycles. The van der Waals surface area contributed by atoms with Crippen LogP contribution in [0.25, 0.3) is 0 Å². The van der Waals surface area contributed by atoms with Gasteiger partial charge in [-0.05, 0) is 68.7 Å². The molecule has 3 saturated heterocycles. The van der Waals surface area contributed by atoms with E-state index in [0.29, 0.717) is 32.2 Å². The Kier molecular flexibility index (Phi) is 8.82. The number of benzene rings is 1. The van der Waals surface area contributed by atoms with Gasteiger partial charge in [-0.1, -0.05) is 0 Å². The normalized spacial score (nSPS) is 25.5. The van der Waals surface area contributed by atoms with Gasteiger partial charge in [-0.2, -0.15) is 26.3 Å². The third kappa shape index (κ3) is 6.81. The Labute approximate surface area is 219 Å². The quantitative estimate of drug-likeness (QED) is 0.478. The van der Waals surface area contributed by atoms with E-state index in [-0.39, 0.29) is 35.4 Å². The Hall–Kier alpha value is -3.36. The summed E-state index contributed by atoms with van der Waals surface area (Å²) in [5.41, 5.74) is 11.2. The Morgan fingerprint density at radius 2 is 1.44 bits per heavy atom. The van der Waals surface area contributed by atoms with Crippen molar-refractivity contribution in [2.45, 2.75) is 75.0 Å². The molecule has 3 amide bonds. The molecule has 4 atom stereocenters. The summed E-state index contributed by atoms with van der Waals surface area (Å²) in [5, 5.41) is 7.12. The summed E-state index contributed by atoms with van der Waals surface area (Å²) >= 11 is 0. The number of carbonyl (C=O) groups is 4. The zero-order valence-corrected chi connectivity index (χ0v) is 20.5. The lowest BCUT2D eigenvalue weighted by Crippen LogP contribution is -2.56. The summed E-state index contributed by atoms with van der Waals surface area (Å²) in [6.45, 7) is 0.457. The summed E-state index contributed by atoms with van der Waals surface area (Å²) in [4.78, 5) is 49.8. The molecule has 0 saturated carbocycles. The van der Waals surface area contributed by atoms with Crippen LogP contribution < -0.4 is 11.5 Å². The highest BCUT2D eigenvalue weighted by atomic mass is 19.4. The molecule has 4 rings (SSSR count). The number of carboxylic acid groups (broad SMARTS) is 1. The number of hydrogen-bond acceptors (Lipinski definition) is 5. The van der Waals surface area contributed by atoms with Crippen molar-refractivity contribution < 1.29 is 50.6 Å². The van der Waals surface area contributed by atoms with E-state index in [1.807, 2.05) is 0 Å². The van der Waals surface area contributed by atoms with Gasteiger partial charge in [-0.25, -0.2) is 4.79 Å². The summed E-state index contributed by atoms with van der Waals surface area (Å²) in [5.74, 6) is -3.99. The molecular formula is C24H28F6N4O5. The number of amides is 3. The van der Waals surface area contributed by atoms with E-state index < -0.39 is 41.9 Å². The van der Waals surface area contributed by atoms with Gasteiger partial charge in [0.15, 0.2) is 0 Å². The van der Waals surface area contributed by atoms with Crippen molar-refractivity contribution in [3.63, 3.8) is 0 Å². The molecule has 3 aliphatic heterocycles. The summed E-state index contributed by atoms with van der Waals surface area (Å²) in [7, 11) is 0. The van der Waals surface area contributed by atoms with Gasteiger partial charge in [0.25, 0.3) is 5.91 Å². The van der Waals surface area contributed by atoms with Crippen LogP contribution in [0.2, 0.25) is 0 Å². The van der Waals surface area contributed by atoms with Crippen LogP contribution >= 0.6 is 0 Å². The van der Waals surface area contributed by atoms with Gasteiger partial charge < -0.3 is 26.4 Å². The van der Waals surface area contributed by atoms with Crippen LogP contribution in [-0.2, 0) is 20.6 Å². The van der Waals surface area contributed by atoms with Crippen LogP contribution in [0.1, 0.15) is 54.4 Å². The second-order valence-corrected chi connectivity index (χ2v) is 9.82. The molecule has 2 bridgehead atoms. The van der Waals surface area contributed by atoms with Crippen LogP contribution in [0.3, 0.4) is 0 Å². The first-order valence-electron chi connectivity index (χ1n) is 12.2. The second-order valence-electron chi connectivity index (χ2n) is 9.82. The lowest BCUT2D eigenvalue weighted by Gasteiger charge is -2.41. The molecule has 39 heavy (non-hydrogen) atoms. The molecular weight excluding hydrogens is 538 g/mol. The Balaban J connectivity index is 0.000000532. The maximum Gasteiger partial charge on any atom is 0.490 e. The molecule has 0 aliphatic carbocycles. The number of halogens is 6. The monoisotopic (exact) mass is 566 g/mol. The molecule has 5 N–H and O–H groups in total. The molecule has 0 radical (unpaired) electrons. The lowest BCUT2D eigenvalue weighted by atomic mass is 9.84. The van der Waals surface area contributed by atoms with E-state index in [0.717, 1.165) is 25.0 Å². The average Bonchev–Trinajstić information content (AvgIpc) is 3.44. The minimum Gasteiger partial charge on any atom is -0.475 e. The van der Waals surface area contributed by atoms with Gasteiger partial charge in [0.2, 0.25) is 11.8 Å². The standard InChI is InChI=1S/C22H27F3N4O3.C2HF3O2/c23-22(24,25)14-5-3-12(4-6-14)20(31)29-15-7-8-16(29)11-13(10-15)18(26)21(32)28-9-1-2-17(28)19(27)30;3-2(4,5)1(6)7/h3-6,13,15-18H,1-2,7-11,26H2,(H2,27,30);(H,6,7)/t13?,15?,16?,17-,18-;/m0./s1. The van der Waals surface area contributed by atoms with Gasteiger partial charge in [-0.3, -0.25) is 14.4 Å². The van der Waals surface area contributed by atoms with Crippen molar-refractivity contribution in [3.05, 3.63) is 35.4 Å². The van der Waals surface area contributed by atoms with Crippen molar-refractivity contribution in [2.24, 2.45) is 17.4 Å². The first kappa shape index (κ1) is 30.2. The number of aliphatic carboxylic acids is 1. The highest BCUT2D eigenvalue weighted by Gasteiger charge is 2.47. The third-order valence-corrected chi connectivity index (χ3v) is 7.36. The molecule has 1 aromatic carbocycles. The van der Waals surface area contributed by atoms with Gasteiger partial charge in [0.1, 0.15) is 6.04 Å². The molecule has 2 unspecified atom stereocenters. The number of alkyl halides is 6. The number of fused-ring (bicyclic) bond motifs is 2. The maximum absolute atomic E-state index is 13.0. The number of likely N-dealkylation sites (tertiary alicyclic amines) is 1. The third-order valence-electron chi connectivity index (χ3n) is 7.36. The highest BCUT2D eigenvalue weighted by Crippen LogP contribution is 2.41. The van der Waals surface area contributed by atoms with Gasteiger partial charge in [-0.15, -0.1) is 0 Å². The second kappa shape index (κ2) is 11.4. The topological polar surface area (TPSA) is 147 Å². The summed E-state index contributed by atoms with van der Waals surface area (Å²) in [6, 6.07) is 2.64. The van der Waals surface area contributed by atoms with Gasteiger partial charge in [0, 0.05) is 24.2 Å². The van der Waals surface area contributed by atoms with Gasteiger partial charge in [0.05, 0.1) is 11.6 Å². The van der Waals surface area contributed by atoms with Crippen molar-refractivity contribution in [1.82, 2.24) is 9.80 Å². The number of hydrogen-bond donors (Lipinski definition) is 3. The summed E-state index contributed by atoms with van der Waals surface area (Å²) in [6.07, 6.45) is -5.67. The molecule has 216 valence electrons. The fourth-order valence-corrected chi connectivity index (χ4v) is 5.51. The van der Waals surface area contributed by atoms with E-state index in [1.54, 1.807) is 4.90 Å². The predicted octanol–water partition coefficient (Wildman–Crippen LogP) is 2.53. The SMILES string of the molecule is NC(=O)[C@@H]1CCCN1C(=O)[C@@H](N)C1CC2CCC(C1)N2C(=O)c1ccc(C(F)(F)F)cc1.O=C(O)C(F)(F)F. The number of carboxylic acids is 1. The van der Waals surface area contributed by atoms with E-state index in [1.165, 1.54) is 17.0 Å². The summed E-state index contributed by atoms with van der Waals surface area (Å²) < 4.78 is 70.2. The first-order chi connectivity index (χ1) is 18.0. The predicted molar refractivity (Wildman–Crippen MR) is 123 cm³/mol. The molecule has 3 fully saturated rings. The number of nitrogens with zero attached hydrogens (tertiary/aromatic N) is 2. The van der Waals surface area contributed by atoms with Crippen LogP contribution in [0.4, 0.5) is 26.3 Å². The molecule has 9 nitrogen and oxygen atoms in total. The molecule has 15 heteroatoms. The maximum atomic E-state index is 13.0. The molecule has 1 aromatic rings. The number of carbonyl (C=O) groups excluding carboxylic acids is 3. The Bertz CT molecular complexity index is 1080. The first-order valence-corrected chi connectivity index (χ1v) is 12.2. The molecule has 0 spiro atoms. The van der Waals surface area contributed by atoms with E-state index in [2.05, 4.69) is 0 Å². The van der Waals surface area contributed by atoms with Crippen LogP contribution in [-0.4, -0.2) is 75.5 Å². The van der Waals surface area contributed by atoms with Crippen molar-refractivity contribution in [1.29, 1.82) is 0 Å². The van der Waals surface area contributed by atoms with Crippen molar-refractivity contribution in [2.75, 3.05) is 6.54 Å². The smallest absolute Gasteiger partial charge is 0.475 e. The number of piperidine rings is 1. The lowest BCUT2D eigenvalue weighted by molar-refractivity contribution is -0.192. The fourth-order valence-electron chi connectivity index (χ4n) is 5.51. The van der Waals surface area contributed by atoms with Crippen LogP contribution in [0, 0.1) is 5.92 Å².